The average molecular weight is 258 g/mol. The van der Waals surface area contributed by atoms with Gasteiger partial charge < -0.3 is 10.2 Å². The van der Waals surface area contributed by atoms with E-state index in [-0.39, 0.29) is 24.3 Å². The first kappa shape index (κ1) is 11.2. The molecule has 2 heterocycles. The SMILES string of the molecule is Nc1cn(CC(=O)Nc2nc3ccccc3o2)nn1. The Morgan fingerprint density at radius 1 is 1.42 bits per heavy atom. The molecule has 0 atom stereocenters. The molecule has 0 saturated carbocycles. The lowest BCUT2D eigenvalue weighted by atomic mass is 10.3. The third-order valence-electron chi connectivity index (χ3n) is 2.40. The lowest BCUT2D eigenvalue weighted by Gasteiger charge is -1.99. The van der Waals surface area contributed by atoms with Gasteiger partial charge in [0.1, 0.15) is 12.1 Å². The summed E-state index contributed by atoms with van der Waals surface area (Å²) in [5.74, 6) is -0.0638. The van der Waals surface area contributed by atoms with Crippen molar-refractivity contribution in [2.45, 2.75) is 6.54 Å². The van der Waals surface area contributed by atoms with Crippen LogP contribution in [0.2, 0.25) is 0 Å². The van der Waals surface area contributed by atoms with Crippen molar-refractivity contribution < 1.29 is 9.21 Å². The van der Waals surface area contributed by atoms with Crippen molar-refractivity contribution in [2.24, 2.45) is 0 Å². The van der Waals surface area contributed by atoms with Crippen LogP contribution in [0.4, 0.5) is 11.8 Å². The summed E-state index contributed by atoms with van der Waals surface area (Å²) in [5.41, 5.74) is 6.70. The number of nitrogens with two attached hydrogens (primary N) is 1. The van der Waals surface area contributed by atoms with Crippen LogP contribution in [0, 0.1) is 0 Å². The number of nitrogens with one attached hydrogen (secondary N) is 1. The van der Waals surface area contributed by atoms with Gasteiger partial charge in [0.25, 0.3) is 0 Å². The molecule has 0 fully saturated rings. The Kier molecular flexibility index (Phi) is 2.60. The fourth-order valence-corrected chi connectivity index (χ4v) is 1.62. The topological polar surface area (TPSA) is 112 Å². The maximum Gasteiger partial charge on any atom is 0.302 e. The van der Waals surface area contributed by atoms with Gasteiger partial charge in [-0.15, -0.1) is 5.10 Å². The highest BCUT2D eigenvalue weighted by Gasteiger charge is 2.10. The van der Waals surface area contributed by atoms with Crippen molar-refractivity contribution in [1.82, 2.24) is 20.0 Å². The number of aromatic nitrogens is 4. The molecule has 1 aromatic carbocycles. The number of oxazole rings is 1. The first-order valence-electron chi connectivity index (χ1n) is 5.52. The third-order valence-corrected chi connectivity index (χ3v) is 2.40. The number of nitrogens with zero attached hydrogens (tertiary/aromatic N) is 4. The Morgan fingerprint density at radius 2 is 2.26 bits per heavy atom. The fraction of sp³-hybridized carbons (Fsp3) is 0.0909. The number of fused-ring (bicyclic) bond motifs is 1. The molecule has 96 valence electrons. The zero-order valence-electron chi connectivity index (χ0n) is 9.78. The lowest BCUT2D eigenvalue weighted by molar-refractivity contribution is -0.117. The van der Waals surface area contributed by atoms with Crippen LogP contribution in [0.1, 0.15) is 0 Å². The van der Waals surface area contributed by atoms with E-state index < -0.39 is 0 Å². The van der Waals surface area contributed by atoms with Crippen molar-refractivity contribution in [1.29, 1.82) is 0 Å². The summed E-state index contributed by atoms with van der Waals surface area (Å²) in [4.78, 5) is 15.9. The number of para-hydroxylation sites is 2. The van der Waals surface area contributed by atoms with Crippen molar-refractivity contribution >= 4 is 28.8 Å². The predicted octanol–water partition coefficient (Wildman–Crippen LogP) is 0.640. The summed E-state index contributed by atoms with van der Waals surface area (Å²) < 4.78 is 6.70. The van der Waals surface area contributed by atoms with Crippen LogP contribution >= 0.6 is 0 Å². The molecule has 8 nitrogen and oxygen atoms in total. The van der Waals surface area contributed by atoms with Crippen molar-refractivity contribution in [2.75, 3.05) is 11.1 Å². The van der Waals surface area contributed by atoms with Gasteiger partial charge in [-0.1, -0.05) is 17.3 Å². The van der Waals surface area contributed by atoms with E-state index in [0.717, 1.165) is 0 Å². The maximum atomic E-state index is 11.7. The number of rotatable bonds is 3. The van der Waals surface area contributed by atoms with Gasteiger partial charge in [-0.2, -0.15) is 4.98 Å². The van der Waals surface area contributed by atoms with Gasteiger partial charge in [-0.05, 0) is 12.1 Å². The van der Waals surface area contributed by atoms with E-state index >= 15 is 0 Å². The Labute approximate surface area is 107 Å². The highest BCUT2D eigenvalue weighted by Crippen LogP contribution is 2.17. The lowest BCUT2D eigenvalue weighted by Crippen LogP contribution is -2.19. The zero-order valence-corrected chi connectivity index (χ0v) is 9.78. The summed E-state index contributed by atoms with van der Waals surface area (Å²) in [7, 11) is 0. The first-order valence-corrected chi connectivity index (χ1v) is 5.52. The van der Waals surface area contributed by atoms with Crippen LogP contribution in [0.3, 0.4) is 0 Å². The van der Waals surface area contributed by atoms with Crippen molar-refractivity contribution in [3.8, 4) is 0 Å². The van der Waals surface area contributed by atoms with Crippen LogP contribution in [0.25, 0.3) is 11.1 Å². The van der Waals surface area contributed by atoms with Gasteiger partial charge in [-0.25, -0.2) is 4.68 Å². The predicted molar refractivity (Wildman–Crippen MR) is 67.1 cm³/mol. The number of amides is 1. The molecule has 3 N–H and O–H groups in total. The van der Waals surface area contributed by atoms with Gasteiger partial charge in [0.15, 0.2) is 11.4 Å². The molecule has 8 heteroatoms. The Bertz CT molecular complexity index is 698. The second-order valence-electron chi connectivity index (χ2n) is 3.88. The van der Waals surface area contributed by atoms with E-state index in [1.54, 1.807) is 12.1 Å². The quantitative estimate of drug-likeness (QED) is 0.713. The number of benzene rings is 1. The standard InChI is InChI=1S/C11H10N6O2/c12-9-5-17(16-15-9)6-10(18)14-11-13-7-3-1-2-4-8(7)19-11/h1-5H,6,12H2,(H,13,14,18). The number of carbonyl (C=O) groups is 1. The van der Waals surface area contributed by atoms with Crippen LogP contribution < -0.4 is 11.1 Å². The highest BCUT2D eigenvalue weighted by atomic mass is 16.4. The summed E-state index contributed by atoms with van der Waals surface area (Å²) >= 11 is 0. The molecule has 0 saturated heterocycles. The number of hydrogen-bond acceptors (Lipinski definition) is 6. The minimum Gasteiger partial charge on any atom is -0.423 e. The molecule has 2 aromatic heterocycles. The highest BCUT2D eigenvalue weighted by molar-refractivity contribution is 5.89. The number of anilines is 2. The van der Waals surface area contributed by atoms with Crippen LogP contribution in [0.15, 0.2) is 34.9 Å². The van der Waals surface area contributed by atoms with E-state index in [2.05, 4.69) is 20.6 Å². The molecule has 0 radical (unpaired) electrons. The van der Waals surface area contributed by atoms with E-state index in [0.29, 0.717) is 11.1 Å². The molecular formula is C11H10N6O2. The Hall–Kier alpha value is -2.90. The zero-order chi connectivity index (χ0) is 13.2. The minimum absolute atomic E-state index is 0.0110. The van der Waals surface area contributed by atoms with Crippen LogP contribution in [0.5, 0.6) is 0 Å². The molecule has 1 amide bonds. The normalized spacial score (nSPS) is 10.7. The van der Waals surface area contributed by atoms with E-state index in [1.165, 1.54) is 10.9 Å². The second kappa shape index (κ2) is 4.41. The third kappa shape index (κ3) is 2.37. The van der Waals surface area contributed by atoms with Gasteiger partial charge in [-0.3, -0.25) is 10.1 Å². The molecule has 3 rings (SSSR count). The fourth-order valence-electron chi connectivity index (χ4n) is 1.62. The Balaban J connectivity index is 1.72. The molecule has 3 aromatic rings. The molecule has 19 heavy (non-hydrogen) atoms. The van der Waals surface area contributed by atoms with E-state index in [9.17, 15) is 4.79 Å². The van der Waals surface area contributed by atoms with Gasteiger partial charge in [0.2, 0.25) is 5.91 Å². The van der Waals surface area contributed by atoms with Gasteiger partial charge in [0, 0.05) is 0 Å². The van der Waals surface area contributed by atoms with E-state index in [1.807, 2.05) is 12.1 Å². The molecular weight excluding hydrogens is 248 g/mol. The molecule has 0 aliphatic heterocycles. The number of carbonyl (C=O) groups excluding carboxylic acids is 1. The second-order valence-corrected chi connectivity index (χ2v) is 3.88. The number of hydrogen-bond donors (Lipinski definition) is 2. The van der Waals surface area contributed by atoms with Gasteiger partial charge >= 0.3 is 6.01 Å². The maximum absolute atomic E-state index is 11.7. The summed E-state index contributed by atoms with van der Waals surface area (Å²) in [6, 6.07) is 7.40. The average Bonchev–Trinajstić information content (AvgIpc) is 2.94. The minimum atomic E-state index is -0.323. The smallest absolute Gasteiger partial charge is 0.302 e. The summed E-state index contributed by atoms with van der Waals surface area (Å²) in [5, 5.41) is 9.80. The monoisotopic (exact) mass is 258 g/mol. The molecule has 0 aliphatic rings. The molecule has 0 bridgehead atoms. The van der Waals surface area contributed by atoms with Gasteiger partial charge in [0.05, 0.1) is 6.20 Å². The van der Waals surface area contributed by atoms with E-state index in [4.69, 9.17) is 10.2 Å². The first-order chi connectivity index (χ1) is 9.20. The molecule has 0 aliphatic carbocycles. The van der Waals surface area contributed by atoms with Crippen molar-refractivity contribution in [3.63, 3.8) is 0 Å². The van der Waals surface area contributed by atoms with Crippen LogP contribution in [-0.2, 0) is 11.3 Å². The largest absolute Gasteiger partial charge is 0.423 e. The number of nitrogen functional groups attached to an aromatic ring is 1. The molecule has 0 spiro atoms. The summed E-state index contributed by atoms with van der Waals surface area (Å²) in [6.07, 6.45) is 1.46. The van der Waals surface area contributed by atoms with Crippen molar-refractivity contribution in [3.05, 3.63) is 30.5 Å². The Morgan fingerprint density at radius 3 is 3.00 bits per heavy atom. The molecule has 0 unspecified atom stereocenters. The van der Waals surface area contributed by atoms with Crippen LogP contribution in [-0.4, -0.2) is 25.9 Å². The summed E-state index contributed by atoms with van der Waals surface area (Å²) in [6.45, 7) is -0.0110.